The highest BCUT2D eigenvalue weighted by atomic mass is 19.3. The third-order valence-electron chi connectivity index (χ3n) is 2.87. The molecule has 0 spiro atoms. The fourth-order valence-corrected chi connectivity index (χ4v) is 2.19. The molecule has 1 atom stereocenters. The van der Waals surface area contributed by atoms with E-state index in [9.17, 15) is 13.6 Å². The summed E-state index contributed by atoms with van der Waals surface area (Å²) < 4.78 is 26.3. The van der Waals surface area contributed by atoms with Crippen LogP contribution in [0.25, 0.3) is 0 Å². The SMILES string of the molecule is CC(C)CN(C)C[C@H]1CC(F)(F)C(=O)N1C. The molecule has 1 fully saturated rings. The molecule has 1 aliphatic heterocycles. The van der Waals surface area contributed by atoms with Gasteiger partial charge in [-0.3, -0.25) is 4.79 Å². The zero-order valence-corrected chi connectivity index (χ0v) is 10.3. The van der Waals surface area contributed by atoms with Crippen LogP contribution in [0.2, 0.25) is 0 Å². The van der Waals surface area contributed by atoms with Crippen LogP contribution in [-0.2, 0) is 4.79 Å². The number of likely N-dealkylation sites (tertiary alicyclic amines) is 1. The Bertz CT molecular complexity index is 269. The molecule has 1 heterocycles. The fraction of sp³-hybridized carbons (Fsp3) is 0.909. The monoisotopic (exact) mass is 234 g/mol. The van der Waals surface area contributed by atoms with E-state index in [0.717, 1.165) is 6.54 Å². The van der Waals surface area contributed by atoms with Crippen molar-refractivity contribution in [2.75, 3.05) is 27.2 Å². The van der Waals surface area contributed by atoms with Crippen molar-refractivity contribution >= 4 is 5.91 Å². The van der Waals surface area contributed by atoms with Crippen molar-refractivity contribution in [3.63, 3.8) is 0 Å². The minimum Gasteiger partial charge on any atom is -0.336 e. The smallest absolute Gasteiger partial charge is 0.326 e. The number of nitrogens with zero attached hydrogens (tertiary/aromatic N) is 2. The Morgan fingerprint density at radius 2 is 2.12 bits per heavy atom. The first-order valence-corrected chi connectivity index (χ1v) is 5.57. The van der Waals surface area contributed by atoms with E-state index in [1.165, 1.54) is 11.9 Å². The fourth-order valence-electron chi connectivity index (χ4n) is 2.19. The third-order valence-corrected chi connectivity index (χ3v) is 2.87. The lowest BCUT2D eigenvalue weighted by molar-refractivity contribution is -0.147. The summed E-state index contributed by atoms with van der Waals surface area (Å²) >= 11 is 0. The van der Waals surface area contributed by atoms with Crippen molar-refractivity contribution in [2.45, 2.75) is 32.2 Å². The Hall–Kier alpha value is -0.710. The van der Waals surface area contributed by atoms with Gasteiger partial charge in [-0.2, -0.15) is 8.78 Å². The number of halogens is 2. The Balaban J connectivity index is 2.54. The van der Waals surface area contributed by atoms with E-state index in [-0.39, 0.29) is 12.5 Å². The molecule has 0 aliphatic carbocycles. The van der Waals surface area contributed by atoms with Crippen molar-refractivity contribution in [3.05, 3.63) is 0 Å². The minimum absolute atomic E-state index is 0.356. The maximum Gasteiger partial charge on any atom is 0.326 e. The van der Waals surface area contributed by atoms with Gasteiger partial charge < -0.3 is 9.80 Å². The number of alkyl halides is 2. The van der Waals surface area contributed by atoms with Crippen molar-refractivity contribution in [1.29, 1.82) is 0 Å². The van der Waals surface area contributed by atoms with Gasteiger partial charge >= 0.3 is 5.92 Å². The molecule has 1 amide bonds. The van der Waals surface area contributed by atoms with Crippen LogP contribution in [0, 0.1) is 5.92 Å². The maximum atomic E-state index is 13.1. The number of carbonyl (C=O) groups is 1. The molecule has 1 saturated heterocycles. The van der Waals surface area contributed by atoms with E-state index in [1.807, 2.05) is 11.9 Å². The first kappa shape index (κ1) is 13.4. The molecule has 0 radical (unpaired) electrons. The van der Waals surface area contributed by atoms with Crippen LogP contribution in [0.4, 0.5) is 8.78 Å². The van der Waals surface area contributed by atoms with E-state index in [1.54, 1.807) is 0 Å². The van der Waals surface area contributed by atoms with Crippen LogP contribution < -0.4 is 0 Å². The van der Waals surface area contributed by atoms with E-state index in [2.05, 4.69) is 13.8 Å². The van der Waals surface area contributed by atoms with Crippen LogP contribution in [0.15, 0.2) is 0 Å². The summed E-state index contributed by atoms with van der Waals surface area (Å²) in [6.07, 6.45) is -0.356. The average molecular weight is 234 g/mol. The summed E-state index contributed by atoms with van der Waals surface area (Å²) in [6.45, 7) is 5.52. The largest absolute Gasteiger partial charge is 0.336 e. The Morgan fingerprint density at radius 3 is 2.50 bits per heavy atom. The molecular formula is C11H20F2N2O. The molecule has 0 saturated carbocycles. The van der Waals surface area contributed by atoms with Crippen molar-refractivity contribution in [1.82, 2.24) is 9.80 Å². The number of hydrogen-bond acceptors (Lipinski definition) is 2. The van der Waals surface area contributed by atoms with Crippen molar-refractivity contribution in [2.24, 2.45) is 5.92 Å². The van der Waals surface area contributed by atoms with Crippen LogP contribution in [0.3, 0.4) is 0 Å². The van der Waals surface area contributed by atoms with Gasteiger partial charge in [0, 0.05) is 26.6 Å². The van der Waals surface area contributed by atoms with Crippen LogP contribution in [-0.4, -0.2) is 54.9 Å². The summed E-state index contributed by atoms with van der Waals surface area (Å²) in [4.78, 5) is 14.4. The van der Waals surface area contributed by atoms with Gasteiger partial charge in [-0.1, -0.05) is 13.8 Å². The molecular weight excluding hydrogens is 214 g/mol. The van der Waals surface area contributed by atoms with Gasteiger partial charge in [0.2, 0.25) is 0 Å². The molecule has 0 bridgehead atoms. The van der Waals surface area contributed by atoms with E-state index in [4.69, 9.17) is 0 Å². The topological polar surface area (TPSA) is 23.6 Å². The molecule has 1 aliphatic rings. The molecule has 5 heteroatoms. The van der Waals surface area contributed by atoms with Gasteiger partial charge in [-0.15, -0.1) is 0 Å². The van der Waals surface area contributed by atoms with Gasteiger partial charge in [0.15, 0.2) is 0 Å². The lowest BCUT2D eigenvalue weighted by Gasteiger charge is -2.26. The number of likely N-dealkylation sites (N-methyl/N-ethyl adjacent to an activating group) is 2. The number of carbonyl (C=O) groups excluding carboxylic acids is 1. The Morgan fingerprint density at radius 1 is 1.56 bits per heavy atom. The normalized spacial score (nSPS) is 24.9. The van der Waals surface area contributed by atoms with Gasteiger partial charge in [0.1, 0.15) is 0 Å². The number of hydrogen-bond donors (Lipinski definition) is 0. The maximum absolute atomic E-state index is 13.1. The number of amides is 1. The number of rotatable bonds is 4. The highest BCUT2D eigenvalue weighted by molar-refractivity contribution is 5.85. The summed E-state index contributed by atoms with van der Waals surface area (Å²) in [5.41, 5.74) is 0. The Labute approximate surface area is 95.4 Å². The summed E-state index contributed by atoms with van der Waals surface area (Å²) in [5, 5.41) is 0. The van der Waals surface area contributed by atoms with Crippen LogP contribution in [0.5, 0.6) is 0 Å². The highest BCUT2D eigenvalue weighted by Crippen LogP contribution is 2.32. The first-order valence-electron chi connectivity index (χ1n) is 5.57. The second-order valence-electron chi connectivity index (χ2n) is 5.09. The second-order valence-corrected chi connectivity index (χ2v) is 5.09. The van der Waals surface area contributed by atoms with Gasteiger partial charge in [-0.25, -0.2) is 0 Å². The van der Waals surface area contributed by atoms with Gasteiger partial charge in [0.25, 0.3) is 5.91 Å². The van der Waals surface area contributed by atoms with Crippen LogP contribution >= 0.6 is 0 Å². The second kappa shape index (κ2) is 4.65. The van der Waals surface area contributed by atoms with Crippen LogP contribution in [0.1, 0.15) is 20.3 Å². The molecule has 0 aromatic carbocycles. The molecule has 0 unspecified atom stereocenters. The quantitative estimate of drug-likeness (QED) is 0.735. The van der Waals surface area contributed by atoms with E-state index < -0.39 is 11.8 Å². The highest BCUT2D eigenvalue weighted by Gasteiger charge is 2.51. The Kier molecular flexibility index (Phi) is 3.88. The summed E-state index contributed by atoms with van der Waals surface area (Å²) in [6, 6.07) is -0.369. The average Bonchev–Trinajstić information content (AvgIpc) is 2.28. The van der Waals surface area contributed by atoms with Gasteiger partial charge in [0.05, 0.1) is 6.04 Å². The molecule has 16 heavy (non-hydrogen) atoms. The molecule has 94 valence electrons. The molecule has 1 rings (SSSR count). The zero-order chi connectivity index (χ0) is 12.5. The molecule has 0 aromatic heterocycles. The lowest BCUT2D eigenvalue weighted by atomic mass is 10.1. The van der Waals surface area contributed by atoms with Gasteiger partial charge in [-0.05, 0) is 13.0 Å². The van der Waals surface area contributed by atoms with E-state index >= 15 is 0 Å². The molecule has 0 aromatic rings. The molecule has 0 N–H and O–H groups in total. The standard InChI is InChI=1S/C11H20F2N2O/c1-8(2)6-14(3)7-9-5-11(12,13)10(16)15(9)4/h8-9H,5-7H2,1-4H3/t9-/m1/s1. The van der Waals surface area contributed by atoms with Crippen molar-refractivity contribution in [3.8, 4) is 0 Å². The summed E-state index contributed by atoms with van der Waals surface area (Å²) in [5.74, 6) is -3.72. The summed E-state index contributed by atoms with van der Waals surface area (Å²) in [7, 11) is 3.35. The first-order chi connectivity index (χ1) is 7.24. The predicted octanol–water partition coefficient (Wildman–Crippen LogP) is 1.44. The van der Waals surface area contributed by atoms with E-state index in [0.29, 0.717) is 12.5 Å². The van der Waals surface area contributed by atoms with Crippen molar-refractivity contribution < 1.29 is 13.6 Å². The third kappa shape index (κ3) is 2.90. The lowest BCUT2D eigenvalue weighted by Crippen LogP contribution is -2.39. The zero-order valence-electron chi connectivity index (χ0n) is 10.3. The minimum atomic E-state index is -3.17. The molecule has 3 nitrogen and oxygen atoms in total. The predicted molar refractivity (Wildman–Crippen MR) is 58.5 cm³/mol.